The van der Waals surface area contributed by atoms with Crippen LogP contribution >= 0.6 is 0 Å². The van der Waals surface area contributed by atoms with E-state index in [9.17, 15) is 9.90 Å². The minimum Gasteiger partial charge on any atom is -0.481 e. The number of carboxylic acids is 1. The molecule has 2 nitrogen and oxygen atoms in total. The topological polar surface area (TPSA) is 37.3 Å². The molecule has 5 rings (SSSR count). The van der Waals surface area contributed by atoms with Crippen molar-refractivity contribution in [2.75, 3.05) is 0 Å². The van der Waals surface area contributed by atoms with Gasteiger partial charge in [-0.1, -0.05) is 43.8 Å². The first-order valence-corrected chi connectivity index (χ1v) is 11.1. The Morgan fingerprint density at radius 3 is 2.60 bits per heavy atom. The van der Waals surface area contributed by atoms with Gasteiger partial charge in [0.2, 0.25) is 0 Å². The second-order valence-electron chi connectivity index (χ2n) is 9.96. The van der Waals surface area contributed by atoms with Crippen LogP contribution in [0.1, 0.15) is 83.5 Å². The molecular formula is C23H34O2. The molecule has 0 aromatic rings. The van der Waals surface area contributed by atoms with Crippen LogP contribution in [0.15, 0.2) is 11.6 Å². The van der Waals surface area contributed by atoms with Crippen molar-refractivity contribution in [2.24, 2.45) is 40.9 Å². The van der Waals surface area contributed by atoms with Crippen LogP contribution in [0.3, 0.4) is 0 Å². The molecule has 25 heavy (non-hydrogen) atoms. The zero-order chi connectivity index (χ0) is 17.0. The molecule has 0 heterocycles. The predicted molar refractivity (Wildman–Crippen MR) is 99.1 cm³/mol. The summed E-state index contributed by atoms with van der Waals surface area (Å²) in [6, 6.07) is 0. The van der Waals surface area contributed by atoms with Crippen molar-refractivity contribution in [3.05, 3.63) is 11.6 Å². The van der Waals surface area contributed by atoms with Gasteiger partial charge in [0.1, 0.15) is 0 Å². The Hall–Kier alpha value is -0.790. The van der Waals surface area contributed by atoms with Crippen molar-refractivity contribution in [1.82, 2.24) is 0 Å². The first-order chi connectivity index (χ1) is 12.2. The van der Waals surface area contributed by atoms with E-state index in [0.29, 0.717) is 5.92 Å². The SMILES string of the molecule is O=C(O)C12CCCCC1C1=CCC3C4CCCCC4CCC3C1CC2. The molecule has 0 aliphatic heterocycles. The molecule has 5 aliphatic rings. The van der Waals surface area contributed by atoms with Gasteiger partial charge in [-0.25, -0.2) is 0 Å². The maximum Gasteiger partial charge on any atom is 0.310 e. The van der Waals surface area contributed by atoms with Gasteiger partial charge in [-0.15, -0.1) is 0 Å². The van der Waals surface area contributed by atoms with Gasteiger partial charge in [0.15, 0.2) is 0 Å². The summed E-state index contributed by atoms with van der Waals surface area (Å²) in [6.07, 6.45) is 19.2. The second-order valence-corrected chi connectivity index (χ2v) is 9.96. The van der Waals surface area contributed by atoms with Gasteiger partial charge >= 0.3 is 5.97 Å². The molecule has 0 saturated heterocycles. The Morgan fingerprint density at radius 1 is 0.880 bits per heavy atom. The number of carboxylic acid groups (broad SMARTS) is 1. The normalized spacial score (nSPS) is 49.0. The third-order valence-electron chi connectivity index (χ3n) is 9.27. The summed E-state index contributed by atoms with van der Waals surface area (Å²) in [4.78, 5) is 12.2. The quantitative estimate of drug-likeness (QED) is 0.610. The lowest BCUT2D eigenvalue weighted by molar-refractivity contribution is -0.157. The molecule has 0 aromatic heterocycles. The van der Waals surface area contributed by atoms with Crippen LogP contribution < -0.4 is 0 Å². The second kappa shape index (κ2) is 6.13. The van der Waals surface area contributed by atoms with Gasteiger partial charge in [0.25, 0.3) is 0 Å². The fourth-order valence-corrected chi connectivity index (χ4v) is 8.20. The summed E-state index contributed by atoms with van der Waals surface area (Å²) in [6.45, 7) is 0. The van der Waals surface area contributed by atoms with E-state index in [1.165, 1.54) is 51.4 Å². The van der Waals surface area contributed by atoms with Crippen molar-refractivity contribution >= 4 is 5.97 Å². The zero-order valence-electron chi connectivity index (χ0n) is 15.6. The van der Waals surface area contributed by atoms with Gasteiger partial charge in [-0.3, -0.25) is 4.79 Å². The van der Waals surface area contributed by atoms with Crippen LogP contribution in [-0.4, -0.2) is 11.1 Å². The Morgan fingerprint density at radius 2 is 1.72 bits per heavy atom. The summed E-state index contributed by atoms with van der Waals surface area (Å²) in [5, 5.41) is 10.1. The minimum absolute atomic E-state index is 0.363. The van der Waals surface area contributed by atoms with Crippen LogP contribution in [-0.2, 0) is 4.79 Å². The molecule has 0 aromatic carbocycles. The van der Waals surface area contributed by atoms with Crippen LogP contribution in [0.5, 0.6) is 0 Å². The fraction of sp³-hybridized carbons (Fsp3) is 0.870. The highest BCUT2D eigenvalue weighted by molar-refractivity contribution is 5.76. The standard InChI is InChI=1S/C23H34O2/c24-22(25)23-13-4-3-7-21(23)20-11-10-17-16-6-2-1-5-15(16)8-9-18(17)19(20)12-14-23/h11,15-19,21H,1-10,12-14H2,(H,24,25). The van der Waals surface area contributed by atoms with Gasteiger partial charge in [-0.2, -0.15) is 0 Å². The predicted octanol–water partition coefficient (Wildman–Crippen LogP) is 5.82. The lowest BCUT2D eigenvalue weighted by atomic mass is 9.48. The summed E-state index contributed by atoms with van der Waals surface area (Å²) < 4.78 is 0. The molecule has 4 fully saturated rings. The van der Waals surface area contributed by atoms with Crippen molar-refractivity contribution < 1.29 is 9.90 Å². The largest absolute Gasteiger partial charge is 0.481 e. The third kappa shape index (κ3) is 2.38. The van der Waals surface area contributed by atoms with E-state index in [0.717, 1.165) is 61.7 Å². The third-order valence-corrected chi connectivity index (χ3v) is 9.27. The molecule has 5 aliphatic carbocycles. The Labute approximate surface area is 152 Å². The number of allylic oxidation sites excluding steroid dienone is 2. The van der Waals surface area contributed by atoms with Crippen LogP contribution in [0.25, 0.3) is 0 Å². The Kier molecular flexibility index (Phi) is 4.02. The lowest BCUT2D eigenvalue weighted by Crippen LogP contribution is -2.51. The number of hydrogen-bond donors (Lipinski definition) is 1. The van der Waals surface area contributed by atoms with Gasteiger partial charge in [0.05, 0.1) is 5.41 Å². The number of hydrogen-bond acceptors (Lipinski definition) is 1. The van der Waals surface area contributed by atoms with E-state index in [1.54, 1.807) is 5.57 Å². The van der Waals surface area contributed by atoms with Crippen LogP contribution in [0.4, 0.5) is 0 Å². The molecule has 4 saturated carbocycles. The highest BCUT2D eigenvalue weighted by atomic mass is 16.4. The number of fused-ring (bicyclic) bond motifs is 7. The minimum atomic E-state index is -0.491. The van der Waals surface area contributed by atoms with E-state index < -0.39 is 11.4 Å². The van der Waals surface area contributed by atoms with E-state index in [4.69, 9.17) is 0 Å². The molecule has 2 heteroatoms. The van der Waals surface area contributed by atoms with E-state index >= 15 is 0 Å². The maximum atomic E-state index is 12.2. The zero-order valence-corrected chi connectivity index (χ0v) is 15.6. The average molecular weight is 343 g/mol. The summed E-state index contributed by atoms with van der Waals surface area (Å²) in [5.41, 5.74) is 1.21. The van der Waals surface area contributed by atoms with E-state index in [2.05, 4.69) is 6.08 Å². The first-order valence-electron chi connectivity index (χ1n) is 11.1. The monoisotopic (exact) mass is 342 g/mol. The van der Waals surface area contributed by atoms with Crippen LogP contribution in [0.2, 0.25) is 0 Å². The number of aliphatic carboxylic acids is 1. The summed E-state index contributed by atoms with van der Waals surface area (Å²) in [7, 11) is 0. The number of rotatable bonds is 1. The average Bonchev–Trinajstić information content (AvgIpc) is 2.66. The molecule has 0 amide bonds. The Bertz CT molecular complexity index is 579. The molecule has 7 unspecified atom stereocenters. The fourth-order valence-electron chi connectivity index (χ4n) is 8.20. The highest BCUT2D eigenvalue weighted by Gasteiger charge is 2.56. The summed E-state index contributed by atoms with van der Waals surface area (Å²) in [5.74, 6) is 4.42. The number of carbonyl (C=O) groups is 1. The van der Waals surface area contributed by atoms with Crippen molar-refractivity contribution in [3.63, 3.8) is 0 Å². The Balaban J connectivity index is 1.46. The van der Waals surface area contributed by atoms with E-state index in [-0.39, 0.29) is 0 Å². The van der Waals surface area contributed by atoms with Crippen molar-refractivity contribution in [1.29, 1.82) is 0 Å². The van der Waals surface area contributed by atoms with E-state index in [1.807, 2.05) is 0 Å². The molecular weight excluding hydrogens is 308 g/mol. The lowest BCUT2D eigenvalue weighted by Gasteiger charge is -2.56. The smallest absolute Gasteiger partial charge is 0.310 e. The molecule has 7 atom stereocenters. The van der Waals surface area contributed by atoms with Gasteiger partial charge < -0.3 is 5.11 Å². The highest BCUT2D eigenvalue weighted by Crippen LogP contribution is 2.61. The molecule has 0 bridgehead atoms. The van der Waals surface area contributed by atoms with Crippen molar-refractivity contribution in [2.45, 2.75) is 83.5 Å². The summed E-state index contributed by atoms with van der Waals surface area (Å²) >= 11 is 0. The molecule has 1 N–H and O–H groups in total. The van der Waals surface area contributed by atoms with Gasteiger partial charge in [-0.05, 0) is 86.9 Å². The molecule has 0 radical (unpaired) electrons. The molecule has 0 spiro atoms. The molecule has 138 valence electrons. The van der Waals surface area contributed by atoms with Crippen molar-refractivity contribution in [3.8, 4) is 0 Å². The maximum absolute atomic E-state index is 12.2. The van der Waals surface area contributed by atoms with Crippen LogP contribution in [0, 0.1) is 40.9 Å². The van der Waals surface area contributed by atoms with Gasteiger partial charge in [0, 0.05) is 0 Å². The first kappa shape index (κ1) is 16.4.